The van der Waals surface area contributed by atoms with Crippen molar-refractivity contribution in [2.75, 3.05) is 13.0 Å². The number of alkyl halides is 1. The summed E-state index contributed by atoms with van der Waals surface area (Å²) in [5.41, 5.74) is -0.00394. The number of ether oxygens (including phenoxy) is 1. The van der Waals surface area contributed by atoms with Crippen molar-refractivity contribution in [3.05, 3.63) is 29.3 Å². The van der Waals surface area contributed by atoms with Gasteiger partial charge in [0, 0.05) is 5.56 Å². The molecule has 0 amide bonds. The van der Waals surface area contributed by atoms with Crippen molar-refractivity contribution in [1.29, 1.82) is 0 Å². The van der Waals surface area contributed by atoms with E-state index in [1.165, 1.54) is 7.11 Å². The van der Waals surface area contributed by atoms with Crippen LogP contribution in [0.25, 0.3) is 0 Å². The molecule has 0 saturated carbocycles. The van der Waals surface area contributed by atoms with Gasteiger partial charge in [-0.15, -0.1) is 11.6 Å². The van der Waals surface area contributed by atoms with E-state index < -0.39 is 17.4 Å². The SMILES string of the molecule is COc1cc(C(=O)CCl)cc(F)c1F. The van der Waals surface area contributed by atoms with E-state index in [4.69, 9.17) is 11.6 Å². The molecule has 0 radical (unpaired) electrons. The normalized spacial score (nSPS) is 10.0. The molecule has 0 aliphatic carbocycles. The van der Waals surface area contributed by atoms with Gasteiger partial charge in [0.1, 0.15) is 0 Å². The van der Waals surface area contributed by atoms with Crippen LogP contribution in [0.1, 0.15) is 10.4 Å². The van der Waals surface area contributed by atoms with Crippen LogP contribution in [0.5, 0.6) is 5.75 Å². The number of Topliss-reactive ketones (excluding diaryl/α,β-unsaturated/α-hetero) is 1. The molecule has 1 rings (SSSR count). The first-order valence-electron chi connectivity index (χ1n) is 3.72. The number of benzene rings is 1. The Hall–Kier alpha value is -1.16. The highest BCUT2D eigenvalue weighted by Crippen LogP contribution is 2.22. The van der Waals surface area contributed by atoms with E-state index in [0.29, 0.717) is 0 Å². The van der Waals surface area contributed by atoms with Crippen molar-refractivity contribution in [2.24, 2.45) is 0 Å². The monoisotopic (exact) mass is 220 g/mol. The fourth-order valence-electron chi connectivity index (χ4n) is 0.951. The quantitative estimate of drug-likeness (QED) is 0.578. The fraction of sp³-hybridized carbons (Fsp3) is 0.222. The zero-order chi connectivity index (χ0) is 10.7. The molecule has 0 N–H and O–H groups in total. The number of rotatable bonds is 3. The van der Waals surface area contributed by atoms with Crippen molar-refractivity contribution in [1.82, 2.24) is 0 Å². The topological polar surface area (TPSA) is 26.3 Å². The van der Waals surface area contributed by atoms with E-state index in [0.717, 1.165) is 12.1 Å². The van der Waals surface area contributed by atoms with Gasteiger partial charge in [0.25, 0.3) is 0 Å². The van der Waals surface area contributed by atoms with Crippen molar-refractivity contribution < 1.29 is 18.3 Å². The summed E-state index contributed by atoms with van der Waals surface area (Å²) in [6, 6.07) is 1.91. The third kappa shape index (κ3) is 2.01. The number of carbonyl (C=O) groups excluding carboxylic acids is 1. The Labute approximate surface area is 84.4 Å². The van der Waals surface area contributed by atoms with E-state index in [1.807, 2.05) is 0 Å². The molecule has 1 aromatic rings. The van der Waals surface area contributed by atoms with Crippen LogP contribution in [-0.4, -0.2) is 18.8 Å². The summed E-state index contributed by atoms with van der Waals surface area (Å²) in [6.45, 7) is 0. The van der Waals surface area contributed by atoms with Crippen LogP contribution in [0.15, 0.2) is 12.1 Å². The largest absolute Gasteiger partial charge is 0.494 e. The van der Waals surface area contributed by atoms with Crippen LogP contribution in [-0.2, 0) is 0 Å². The minimum atomic E-state index is -1.13. The van der Waals surface area contributed by atoms with E-state index in [9.17, 15) is 13.6 Å². The summed E-state index contributed by atoms with van der Waals surface area (Å²) >= 11 is 5.27. The molecule has 0 aliphatic rings. The molecule has 0 bridgehead atoms. The van der Waals surface area contributed by atoms with Gasteiger partial charge >= 0.3 is 0 Å². The average molecular weight is 221 g/mol. The number of ketones is 1. The lowest BCUT2D eigenvalue weighted by Crippen LogP contribution is -2.03. The maximum atomic E-state index is 12.9. The summed E-state index contributed by atoms with van der Waals surface area (Å²) in [6.07, 6.45) is 0. The van der Waals surface area contributed by atoms with Gasteiger partial charge in [-0.1, -0.05) is 0 Å². The van der Waals surface area contributed by atoms with Crippen LogP contribution in [0.2, 0.25) is 0 Å². The van der Waals surface area contributed by atoms with E-state index in [1.54, 1.807) is 0 Å². The summed E-state index contributed by atoms with van der Waals surface area (Å²) in [4.78, 5) is 11.1. The Morgan fingerprint density at radius 1 is 1.50 bits per heavy atom. The highest BCUT2D eigenvalue weighted by Gasteiger charge is 2.14. The minimum absolute atomic E-state index is 0.00394. The molecule has 0 saturated heterocycles. The first kappa shape index (κ1) is 10.9. The van der Waals surface area contributed by atoms with Crippen molar-refractivity contribution in [3.63, 3.8) is 0 Å². The molecule has 0 aromatic heterocycles. The Bertz CT molecular complexity index is 366. The Kier molecular flexibility index (Phi) is 3.41. The Balaban J connectivity index is 3.22. The maximum absolute atomic E-state index is 12.9. The van der Waals surface area contributed by atoms with Gasteiger partial charge in [0.2, 0.25) is 5.82 Å². The van der Waals surface area contributed by atoms with Crippen molar-refractivity contribution >= 4 is 17.4 Å². The molecule has 2 nitrogen and oxygen atoms in total. The second-order valence-corrected chi connectivity index (χ2v) is 2.80. The summed E-state index contributed by atoms with van der Waals surface area (Å²) in [5.74, 6) is -3.31. The third-order valence-corrected chi connectivity index (χ3v) is 1.90. The number of carbonyl (C=O) groups is 1. The predicted octanol–water partition coefficient (Wildman–Crippen LogP) is 2.39. The zero-order valence-electron chi connectivity index (χ0n) is 7.31. The van der Waals surface area contributed by atoms with Gasteiger partial charge < -0.3 is 4.74 Å². The molecule has 76 valence electrons. The van der Waals surface area contributed by atoms with Gasteiger partial charge in [-0.25, -0.2) is 4.39 Å². The number of halogens is 3. The molecular weight excluding hydrogens is 214 g/mol. The fourth-order valence-corrected chi connectivity index (χ4v) is 1.10. The first-order valence-corrected chi connectivity index (χ1v) is 4.25. The standard InChI is InChI=1S/C9H7ClF2O2/c1-14-8-3-5(7(13)4-10)2-6(11)9(8)12/h2-3H,4H2,1H3. The summed E-state index contributed by atoms with van der Waals surface area (Å²) < 4.78 is 30.3. The van der Waals surface area contributed by atoms with E-state index in [2.05, 4.69) is 4.74 Å². The lowest BCUT2D eigenvalue weighted by molar-refractivity contribution is 0.102. The van der Waals surface area contributed by atoms with Gasteiger partial charge in [0.05, 0.1) is 13.0 Å². The second-order valence-electron chi connectivity index (χ2n) is 2.53. The van der Waals surface area contributed by atoms with E-state index in [-0.39, 0.29) is 17.2 Å². The van der Waals surface area contributed by atoms with Crippen molar-refractivity contribution in [2.45, 2.75) is 0 Å². The summed E-state index contributed by atoms with van der Waals surface area (Å²) in [7, 11) is 1.19. The van der Waals surface area contributed by atoms with Crippen LogP contribution in [0.3, 0.4) is 0 Å². The number of hydrogen-bond donors (Lipinski definition) is 0. The van der Waals surface area contributed by atoms with Gasteiger partial charge in [-0.2, -0.15) is 4.39 Å². The Morgan fingerprint density at radius 3 is 2.64 bits per heavy atom. The zero-order valence-corrected chi connectivity index (χ0v) is 8.07. The lowest BCUT2D eigenvalue weighted by atomic mass is 10.1. The van der Waals surface area contributed by atoms with Gasteiger partial charge in [0.15, 0.2) is 17.3 Å². The van der Waals surface area contributed by atoms with Crippen LogP contribution < -0.4 is 4.74 Å². The highest BCUT2D eigenvalue weighted by atomic mass is 35.5. The lowest BCUT2D eigenvalue weighted by Gasteiger charge is -2.04. The van der Waals surface area contributed by atoms with Crippen LogP contribution in [0, 0.1) is 11.6 Å². The smallest absolute Gasteiger partial charge is 0.200 e. The van der Waals surface area contributed by atoms with Crippen LogP contribution in [0.4, 0.5) is 8.78 Å². The molecule has 0 atom stereocenters. The third-order valence-electron chi connectivity index (χ3n) is 1.66. The molecule has 0 heterocycles. The number of methoxy groups -OCH3 is 1. The Morgan fingerprint density at radius 2 is 2.14 bits per heavy atom. The second kappa shape index (κ2) is 4.37. The van der Waals surface area contributed by atoms with Crippen molar-refractivity contribution in [3.8, 4) is 5.75 Å². The minimum Gasteiger partial charge on any atom is -0.494 e. The molecule has 14 heavy (non-hydrogen) atoms. The predicted molar refractivity (Wildman–Crippen MR) is 48.0 cm³/mol. The highest BCUT2D eigenvalue weighted by molar-refractivity contribution is 6.30. The van der Waals surface area contributed by atoms with Gasteiger partial charge in [-0.05, 0) is 12.1 Å². The first-order chi connectivity index (χ1) is 6.60. The van der Waals surface area contributed by atoms with Crippen LogP contribution >= 0.6 is 11.6 Å². The maximum Gasteiger partial charge on any atom is 0.200 e. The molecule has 0 spiro atoms. The van der Waals surface area contributed by atoms with E-state index >= 15 is 0 Å². The molecular formula is C9H7ClF2O2. The average Bonchev–Trinajstić information content (AvgIpc) is 2.20. The molecule has 0 aliphatic heterocycles. The molecule has 0 fully saturated rings. The molecule has 0 unspecified atom stereocenters. The number of hydrogen-bond acceptors (Lipinski definition) is 2. The van der Waals surface area contributed by atoms with Gasteiger partial charge in [-0.3, -0.25) is 4.79 Å². The molecule has 1 aromatic carbocycles. The summed E-state index contributed by atoms with van der Waals surface area (Å²) in [5, 5.41) is 0. The molecule has 5 heteroatoms.